The number of nitrogens with zero attached hydrogens (tertiary/aromatic N) is 3. The standard InChI is InChI=1S/C34H43N3O2/c1-6-39-30(38)11-9-7-8-10-22-37-23-29(17-12-24(2)3)33-34(37)36-32(28-20-15-26(5)16-21-28)31(35-33)27-18-13-25(4)14-19-27/h13-16,18-21,23-24H,6-12,17,22H2,1-5H3. The van der Waals surface area contributed by atoms with Gasteiger partial charge in [0.2, 0.25) is 0 Å². The lowest BCUT2D eigenvalue weighted by molar-refractivity contribution is -0.143. The van der Waals surface area contributed by atoms with E-state index < -0.39 is 0 Å². The van der Waals surface area contributed by atoms with E-state index in [4.69, 9.17) is 14.7 Å². The third-order valence-electron chi connectivity index (χ3n) is 7.24. The highest BCUT2D eigenvalue weighted by Gasteiger charge is 2.19. The number of unbranched alkanes of at least 4 members (excludes halogenated alkanes) is 3. The molecule has 0 fully saturated rings. The number of ether oxygens (including phenoxy) is 1. The first kappa shape index (κ1) is 28.5. The highest BCUT2D eigenvalue weighted by Crippen LogP contribution is 2.33. The van der Waals surface area contributed by atoms with Crippen LogP contribution in [0, 0.1) is 19.8 Å². The van der Waals surface area contributed by atoms with Crippen LogP contribution >= 0.6 is 0 Å². The molecule has 5 heteroatoms. The molecule has 2 aromatic heterocycles. The van der Waals surface area contributed by atoms with Crippen molar-refractivity contribution in [1.29, 1.82) is 0 Å². The van der Waals surface area contributed by atoms with Gasteiger partial charge in [-0.1, -0.05) is 86.3 Å². The number of carbonyl (C=O) groups excluding carboxylic acids is 1. The van der Waals surface area contributed by atoms with E-state index in [0.717, 1.165) is 78.7 Å². The number of fused-ring (bicyclic) bond motifs is 1. The molecule has 0 atom stereocenters. The van der Waals surface area contributed by atoms with Gasteiger partial charge in [-0.2, -0.15) is 0 Å². The number of hydrogen-bond acceptors (Lipinski definition) is 4. The number of hydrogen-bond donors (Lipinski definition) is 0. The number of aryl methyl sites for hydroxylation is 4. The number of rotatable bonds is 13. The molecule has 0 aliphatic carbocycles. The predicted molar refractivity (Wildman–Crippen MR) is 161 cm³/mol. The first-order chi connectivity index (χ1) is 18.9. The average Bonchev–Trinajstić information content (AvgIpc) is 3.26. The lowest BCUT2D eigenvalue weighted by Crippen LogP contribution is -2.03. The fourth-order valence-electron chi connectivity index (χ4n) is 4.91. The molecule has 0 unspecified atom stereocenters. The van der Waals surface area contributed by atoms with E-state index in [1.165, 1.54) is 16.7 Å². The second kappa shape index (κ2) is 13.5. The van der Waals surface area contributed by atoms with Gasteiger partial charge in [0.05, 0.1) is 18.0 Å². The van der Waals surface area contributed by atoms with Crippen molar-refractivity contribution in [3.8, 4) is 22.5 Å². The molecule has 5 nitrogen and oxygen atoms in total. The van der Waals surface area contributed by atoms with Crippen LogP contribution in [0.15, 0.2) is 54.7 Å². The molecule has 4 aromatic rings. The maximum Gasteiger partial charge on any atom is 0.305 e. The third-order valence-corrected chi connectivity index (χ3v) is 7.24. The van der Waals surface area contributed by atoms with Crippen LogP contribution in [0.5, 0.6) is 0 Å². The van der Waals surface area contributed by atoms with Gasteiger partial charge in [-0.25, -0.2) is 9.97 Å². The lowest BCUT2D eigenvalue weighted by atomic mass is 10.0. The molecule has 39 heavy (non-hydrogen) atoms. The summed E-state index contributed by atoms with van der Waals surface area (Å²) in [5.41, 5.74) is 9.76. The van der Waals surface area contributed by atoms with E-state index in [1.807, 2.05) is 6.92 Å². The molecule has 0 amide bonds. The monoisotopic (exact) mass is 525 g/mol. The van der Waals surface area contributed by atoms with Crippen LogP contribution in [0.1, 0.15) is 76.0 Å². The van der Waals surface area contributed by atoms with Crippen LogP contribution in [0.3, 0.4) is 0 Å². The molecule has 0 spiro atoms. The van der Waals surface area contributed by atoms with Gasteiger partial charge in [-0.05, 0) is 57.9 Å². The Labute approximate surface area is 233 Å². The highest BCUT2D eigenvalue weighted by atomic mass is 16.5. The van der Waals surface area contributed by atoms with Gasteiger partial charge < -0.3 is 9.30 Å². The molecule has 0 aliphatic heterocycles. The Morgan fingerprint density at radius 2 is 1.44 bits per heavy atom. The first-order valence-corrected chi connectivity index (χ1v) is 14.5. The average molecular weight is 526 g/mol. The van der Waals surface area contributed by atoms with Gasteiger partial charge in [0.1, 0.15) is 5.52 Å². The van der Waals surface area contributed by atoms with Crippen molar-refractivity contribution in [2.75, 3.05) is 6.61 Å². The summed E-state index contributed by atoms with van der Waals surface area (Å²) in [6.45, 7) is 12.0. The highest BCUT2D eigenvalue weighted by molar-refractivity contribution is 5.87. The first-order valence-electron chi connectivity index (χ1n) is 14.5. The summed E-state index contributed by atoms with van der Waals surface area (Å²) in [4.78, 5) is 22.3. The van der Waals surface area contributed by atoms with Gasteiger partial charge in [-0.15, -0.1) is 0 Å². The van der Waals surface area contributed by atoms with Gasteiger partial charge in [-0.3, -0.25) is 4.79 Å². The van der Waals surface area contributed by atoms with Crippen molar-refractivity contribution < 1.29 is 9.53 Å². The minimum absolute atomic E-state index is 0.0908. The van der Waals surface area contributed by atoms with Crippen molar-refractivity contribution in [3.63, 3.8) is 0 Å². The lowest BCUT2D eigenvalue weighted by Gasteiger charge is -2.12. The summed E-state index contributed by atoms with van der Waals surface area (Å²) in [6, 6.07) is 17.2. The zero-order valence-corrected chi connectivity index (χ0v) is 24.3. The summed E-state index contributed by atoms with van der Waals surface area (Å²) in [5, 5.41) is 0. The van der Waals surface area contributed by atoms with Crippen molar-refractivity contribution >= 4 is 17.1 Å². The molecule has 0 N–H and O–H groups in total. The van der Waals surface area contributed by atoms with Crippen LogP contribution in [0.2, 0.25) is 0 Å². The summed E-state index contributed by atoms with van der Waals surface area (Å²) in [5.74, 6) is 0.533. The number of esters is 1. The van der Waals surface area contributed by atoms with Gasteiger partial charge in [0.25, 0.3) is 0 Å². The van der Waals surface area contributed by atoms with Crippen LogP contribution in [0.25, 0.3) is 33.7 Å². The topological polar surface area (TPSA) is 57.0 Å². The zero-order chi connectivity index (χ0) is 27.8. The van der Waals surface area contributed by atoms with Gasteiger partial charge in [0.15, 0.2) is 5.65 Å². The molecule has 206 valence electrons. The summed E-state index contributed by atoms with van der Waals surface area (Å²) < 4.78 is 7.36. The predicted octanol–water partition coefficient (Wildman–Crippen LogP) is 8.48. The van der Waals surface area contributed by atoms with Crippen molar-refractivity contribution in [2.24, 2.45) is 5.92 Å². The van der Waals surface area contributed by atoms with Crippen LogP contribution in [-0.2, 0) is 22.5 Å². The second-order valence-corrected chi connectivity index (χ2v) is 11.1. The number of benzene rings is 2. The maximum absolute atomic E-state index is 11.6. The Hall–Kier alpha value is -3.47. The van der Waals surface area contributed by atoms with Gasteiger partial charge >= 0.3 is 5.97 Å². The van der Waals surface area contributed by atoms with E-state index >= 15 is 0 Å². The van der Waals surface area contributed by atoms with E-state index in [-0.39, 0.29) is 5.97 Å². The number of carbonyl (C=O) groups is 1. The molecule has 0 bridgehead atoms. The van der Waals surface area contributed by atoms with E-state index in [1.54, 1.807) is 0 Å². The minimum Gasteiger partial charge on any atom is -0.466 e. The van der Waals surface area contributed by atoms with Crippen LogP contribution in [0.4, 0.5) is 0 Å². The largest absolute Gasteiger partial charge is 0.466 e. The SMILES string of the molecule is CCOC(=O)CCCCCCn1cc(CCC(C)C)c2nc(-c3ccc(C)cc3)c(-c3ccc(C)cc3)nc21. The normalized spacial score (nSPS) is 11.4. The summed E-state index contributed by atoms with van der Waals surface area (Å²) >= 11 is 0. The van der Waals surface area contributed by atoms with Crippen LogP contribution < -0.4 is 0 Å². The number of aromatic nitrogens is 3. The van der Waals surface area contributed by atoms with Crippen molar-refractivity contribution in [1.82, 2.24) is 14.5 Å². The Kier molecular flexibility index (Phi) is 9.91. The molecule has 4 rings (SSSR count). The maximum atomic E-state index is 11.6. The fraction of sp³-hybridized carbons (Fsp3) is 0.441. The third kappa shape index (κ3) is 7.56. The van der Waals surface area contributed by atoms with Crippen molar-refractivity contribution in [3.05, 3.63) is 71.4 Å². The van der Waals surface area contributed by atoms with E-state index in [2.05, 4.69) is 87.0 Å². The molecule has 0 saturated heterocycles. The van der Waals surface area contributed by atoms with E-state index in [9.17, 15) is 4.79 Å². The zero-order valence-electron chi connectivity index (χ0n) is 24.3. The molecular formula is C34H43N3O2. The molecule has 2 aromatic carbocycles. The molecule has 0 saturated carbocycles. The summed E-state index contributed by atoms with van der Waals surface area (Å²) in [7, 11) is 0. The Morgan fingerprint density at radius 1 is 0.846 bits per heavy atom. The van der Waals surface area contributed by atoms with Crippen LogP contribution in [-0.4, -0.2) is 27.1 Å². The molecular weight excluding hydrogens is 482 g/mol. The fourth-order valence-corrected chi connectivity index (χ4v) is 4.91. The van der Waals surface area contributed by atoms with Gasteiger partial charge in [0, 0.05) is 30.3 Å². The molecule has 2 heterocycles. The minimum atomic E-state index is -0.0908. The molecule has 0 aliphatic rings. The molecule has 0 radical (unpaired) electrons. The van der Waals surface area contributed by atoms with E-state index in [0.29, 0.717) is 18.9 Å². The van der Waals surface area contributed by atoms with Crippen molar-refractivity contribution in [2.45, 2.75) is 86.1 Å². The Bertz CT molecular complexity index is 1370. The smallest absolute Gasteiger partial charge is 0.305 e. The Balaban J connectivity index is 1.68. The Morgan fingerprint density at radius 3 is 2.03 bits per heavy atom. The second-order valence-electron chi connectivity index (χ2n) is 11.1. The summed E-state index contributed by atoms with van der Waals surface area (Å²) in [6.07, 6.45) is 8.91. The quantitative estimate of drug-likeness (QED) is 0.130.